The van der Waals surface area contributed by atoms with Crippen molar-refractivity contribution in [2.24, 2.45) is 0 Å². The molecule has 13 heavy (non-hydrogen) atoms. The van der Waals surface area contributed by atoms with E-state index in [4.69, 9.17) is 10.3 Å². The molecule has 4 nitrogen and oxygen atoms in total. The molecule has 0 aromatic heterocycles. The monoisotopic (exact) mass is 179 g/mol. The van der Waals surface area contributed by atoms with Crippen molar-refractivity contribution >= 4 is 6.08 Å². The molecule has 0 saturated heterocycles. The summed E-state index contributed by atoms with van der Waals surface area (Å²) in [5.74, 6) is 0.141. The molecule has 68 valence electrons. The Kier molecular flexibility index (Phi) is 1.72. The lowest BCUT2D eigenvalue weighted by Gasteiger charge is -2.25. The number of nitrogens with zero attached hydrogens (tertiary/aromatic N) is 1. The van der Waals surface area contributed by atoms with Crippen LogP contribution in [0.2, 0.25) is 0 Å². The maximum Gasteiger partial charge on any atom is 0.177 e. The maximum absolute atomic E-state index is 9.46. The lowest BCUT2D eigenvalue weighted by atomic mass is 10.0. The maximum atomic E-state index is 9.46. The fourth-order valence-corrected chi connectivity index (χ4v) is 1.32. The van der Waals surface area contributed by atoms with E-state index in [9.17, 15) is 5.11 Å². The number of fused-ring (bicyclic) bond motifs is 1. The van der Waals surface area contributed by atoms with Crippen molar-refractivity contribution in [3.63, 3.8) is 0 Å². The van der Waals surface area contributed by atoms with Crippen LogP contribution in [0.25, 0.3) is 6.08 Å². The van der Waals surface area contributed by atoms with Crippen LogP contribution in [-0.4, -0.2) is 20.5 Å². The summed E-state index contributed by atoms with van der Waals surface area (Å²) in [4.78, 5) is 0. The minimum Gasteiger partial charge on any atom is -0.508 e. The highest BCUT2D eigenvalue weighted by Crippen LogP contribution is 2.29. The number of hydrogen-bond donors (Lipinski definition) is 3. The van der Waals surface area contributed by atoms with Gasteiger partial charge in [-0.15, -0.1) is 0 Å². The van der Waals surface area contributed by atoms with Gasteiger partial charge in [0.2, 0.25) is 0 Å². The van der Waals surface area contributed by atoms with Gasteiger partial charge in [-0.3, -0.25) is 5.21 Å². The molecular formula is C9H9NO3. The molecule has 0 aliphatic carbocycles. The van der Waals surface area contributed by atoms with E-state index in [1.807, 2.05) is 0 Å². The second-order valence-electron chi connectivity index (χ2n) is 2.88. The number of benzene rings is 1. The highest BCUT2D eigenvalue weighted by molar-refractivity contribution is 5.58. The molecule has 1 aliphatic rings. The van der Waals surface area contributed by atoms with Gasteiger partial charge in [0.1, 0.15) is 5.75 Å². The fraction of sp³-hybridized carbons (Fsp3) is 0.111. The molecule has 0 radical (unpaired) electrons. The van der Waals surface area contributed by atoms with E-state index in [0.717, 1.165) is 0 Å². The Bertz CT molecular complexity index is 362. The summed E-state index contributed by atoms with van der Waals surface area (Å²) in [6, 6.07) is 4.57. The third kappa shape index (κ3) is 1.26. The molecule has 1 atom stereocenters. The molecule has 3 N–H and O–H groups in total. The van der Waals surface area contributed by atoms with Gasteiger partial charge in [0.05, 0.1) is 0 Å². The average molecular weight is 179 g/mol. The zero-order chi connectivity index (χ0) is 9.42. The van der Waals surface area contributed by atoms with Gasteiger partial charge in [0.15, 0.2) is 6.23 Å². The summed E-state index contributed by atoms with van der Waals surface area (Å²) in [6.07, 6.45) is 1.90. The van der Waals surface area contributed by atoms with Gasteiger partial charge in [-0.2, -0.15) is 0 Å². The van der Waals surface area contributed by atoms with Crippen molar-refractivity contribution in [3.8, 4) is 5.75 Å². The van der Waals surface area contributed by atoms with Crippen LogP contribution in [0, 0.1) is 0 Å². The summed E-state index contributed by atoms with van der Waals surface area (Å²) in [5, 5.41) is 28.4. The first-order valence-corrected chi connectivity index (χ1v) is 3.85. The van der Waals surface area contributed by atoms with E-state index >= 15 is 0 Å². The number of aliphatic hydroxyl groups is 1. The van der Waals surface area contributed by atoms with E-state index in [2.05, 4.69) is 0 Å². The van der Waals surface area contributed by atoms with Crippen molar-refractivity contribution in [3.05, 3.63) is 35.5 Å². The van der Waals surface area contributed by atoms with Gasteiger partial charge in [-0.1, -0.05) is 6.07 Å². The fourth-order valence-electron chi connectivity index (χ4n) is 1.32. The molecule has 0 saturated carbocycles. The highest BCUT2D eigenvalue weighted by atomic mass is 16.5. The molecular weight excluding hydrogens is 170 g/mol. The van der Waals surface area contributed by atoms with Gasteiger partial charge in [-0.25, -0.2) is 5.06 Å². The van der Waals surface area contributed by atoms with Crippen molar-refractivity contribution in [1.29, 1.82) is 0 Å². The first-order chi connectivity index (χ1) is 6.18. The quantitative estimate of drug-likeness (QED) is 0.557. The van der Waals surface area contributed by atoms with Crippen LogP contribution >= 0.6 is 0 Å². The minimum absolute atomic E-state index is 0.141. The van der Waals surface area contributed by atoms with Crippen LogP contribution in [0.4, 0.5) is 0 Å². The smallest absolute Gasteiger partial charge is 0.177 e. The van der Waals surface area contributed by atoms with Crippen molar-refractivity contribution in [2.75, 3.05) is 0 Å². The Hall–Kier alpha value is -1.52. The van der Waals surface area contributed by atoms with Crippen LogP contribution in [-0.2, 0) is 0 Å². The Morgan fingerprint density at radius 1 is 1.31 bits per heavy atom. The Balaban J connectivity index is 2.52. The molecule has 0 spiro atoms. The average Bonchev–Trinajstić information content (AvgIpc) is 2.12. The Morgan fingerprint density at radius 2 is 2.08 bits per heavy atom. The lowest BCUT2D eigenvalue weighted by molar-refractivity contribution is -0.162. The number of rotatable bonds is 0. The topological polar surface area (TPSA) is 63.9 Å². The number of phenolic OH excluding ortho intramolecular Hbond substituents is 1. The molecule has 1 aliphatic heterocycles. The molecule has 1 heterocycles. The molecule has 1 unspecified atom stereocenters. The standard InChI is InChI=1S/C9H9NO3/c11-7-1-2-8-6(5-7)3-4-10(13)9(8)12/h1-5,9,11-13H. The highest BCUT2D eigenvalue weighted by Gasteiger charge is 2.19. The molecule has 2 rings (SSSR count). The van der Waals surface area contributed by atoms with Crippen LogP contribution in [0.3, 0.4) is 0 Å². The number of aliphatic hydroxyl groups excluding tert-OH is 1. The summed E-state index contributed by atoms with van der Waals surface area (Å²) in [5.41, 5.74) is 1.28. The minimum atomic E-state index is -1.06. The van der Waals surface area contributed by atoms with Gasteiger partial charge in [-0.05, 0) is 23.8 Å². The molecule has 1 aromatic rings. The third-order valence-corrected chi connectivity index (χ3v) is 2.01. The summed E-state index contributed by atoms with van der Waals surface area (Å²) >= 11 is 0. The zero-order valence-electron chi connectivity index (χ0n) is 6.75. The van der Waals surface area contributed by atoms with Crippen LogP contribution < -0.4 is 0 Å². The predicted octanol–water partition coefficient (Wildman–Crippen LogP) is 1.06. The second-order valence-corrected chi connectivity index (χ2v) is 2.88. The van der Waals surface area contributed by atoms with Gasteiger partial charge >= 0.3 is 0 Å². The molecule has 0 amide bonds. The van der Waals surface area contributed by atoms with Crippen LogP contribution in [0.5, 0.6) is 5.75 Å². The van der Waals surface area contributed by atoms with E-state index in [0.29, 0.717) is 16.2 Å². The van der Waals surface area contributed by atoms with E-state index in [-0.39, 0.29) is 5.75 Å². The number of hydroxylamine groups is 2. The van der Waals surface area contributed by atoms with Gasteiger partial charge in [0, 0.05) is 11.8 Å². The van der Waals surface area contributed by atoms with Gasteiger partial charge < -0.3 is 10.2 Å². The van der Waals surface area contributed by atoms with Crippen LogP contribution in [0.1, 0.15) is 17.4 Å². The summed E-state index contributed by atoms with van der Waals surface area (Å²) < 4.78 is 0. The predicted molar refractivity (Wildman–Crippen MR) is 45.7 cm³/mol. The first-order valence-electron chi connectivity index (χ1n) is 3.85. The van der Waals surface area contributed by atoms with Crippen molar-refractivity contribution in [1.82, 2.24) is 5.06 Å². The Morgan fingerprint density at radius 3 is 2.85 bits per heavy atom. The zero-order valence-corrected chi connectivity index (χ0v) is 6.75. The molecule has 0 fully saturated rings. The number of hydrogen-bond acceptors (Lipinski definition) is 4. The summed E-state index contributed by atoms with van der Waals surface area (Å²) in [6.45, 7) is 0. The third-order valence-electron chi connectivity index (χ3n) is 2.01. The number of aromatic hydroxyl groups is 1. The van der Waals surface area contributed by atoms with E-state index in [1.165, 1.54) is 18.3 Å². The normalized spacial score (nSPS) is 20.2. The van der Waals surface area contributed by atoms with Crippen molar-refractivity contribution < 1.29 is 15.4 Å². The van der Waals surface area contributed by atoms with Crippen molar-refractivity contribution in [2.45, 2.75) is 6.23 Å². The second kappa shape index (κ2) is 2.76. The largest absolute Gasteiger partial charge is 0.508 e. The number of phenols is 1. The van der Waals surface area contributed by atoms with Crippen LogP contribution in [0.15, 0.2) is 24.4 Å². The summed E-state index contributed by atoms with van der Waals surface area (Å²) in [7, 11) is 0. The molecule has 0 bridgehead atoms. The molecule has 4 heteroatoms. The first kappa shape index (κ1) is 8.10. The van der Waals surface area contributed by atoms with E-state index in [1.54, 1.807) is 12.1 Å². The Labute approximate surface area is 74.9 Å². The van der Waals surface area contributed by atoms with Gasteiger partial charge in [0.25, 0.3) is 0 Å². The molecule has 1 aromatic carbocycles. The SMILES string of the molecule is Oc1ccc2c(c1)C=CN(O)C2O. The van der Waals surface area contributed by atoms with E-state index < -0.39 is 6.23 Å². The lowest BCUT2D eigenvalue weighted by Crippen LogP contribution is -2.22.